The van der Waals surface area contributed by atoms with Gasteiger partial charge in [-0.25, -0.2) is 0 Å². The zero-order valence-corrected chi connectivity index (χ0v) is 12.7. The molecule has 0 saturated heterocycles. The van der Waals surface area contributed by atoms with E-state index >= 15 is 0 Å². The van der Waals surface area contributed by atoms with Crippen LogP contribution in [0.1, 0.15) is 0 Å². The summed E-state index contributed by atoms with van der Waals surface area (Å²) in [5.41, 5.74) is 0. The molecule has 40 valence electrons. The Bertz CT molecular complexity index is 9.65. The monoisotopic (exact) mass is 248 g/mol. The molecule has 2 radical (unpaired) electrons. The molecule has 8 N–H and O–H groups in total. The van der Waals surface area contributed by atoms with Crippen molar-refractivity contribution in [2.24, 2.45) is 0 Å². The van der Waals surface area contributed by atoms with Crippen LogP contribution in [0.4, 0.5) is 0 Å². The summed E-state index contributed by atoms with van der Waals surface area (Å²) >= 11 is 0. The summed E-state index contributed by atoms with van der Waals surface area (Å²) in [6.07, 6.45) is 0. The summed E-state index contributed by atoms with van der Waals surface area (Å²) in [6, 6.07) is 0. The van der Waals surface area contributed by atoms with Crippen LogP contribution in [0.25, 0.3) is 0 Å². The van der Waals surface area contributed by atoms with Crippen molar-refractivity contribution in [2.75, 3.05) is 0 Å². The third kappa shape index (κ3) is 41.3. The molecule has 0 aromatic carbocycles. The third-order valence-corrected chi connectivity index (χ3v) is 0. The van der Waals surface area contributed by atoms with Crippen molar-refractivity contribution in [1.82, 2.24) is 0 Å². The van der Waals surface area contributed by atoms with Crippen LogP contribution in [0.15, 0.2) is 0 Å². The molecule has 7 heteroatoms. The second kappa shape index (κ2) is 52.5. The predicted molar refractivity (Wildman–Crippen MR) is 26.0 cm³/mol. The average Bonchev–Trinajstić information content (AvgIpc) is 0. The van der Waals surface area contributed by atoms with Crippen LogP contribution in [-0.4, -0.2) is 125 Å². The van der Waals surface area contributed by atoms with Gasteiger partial charge in [0.1, 0.15) is 0 Å². The predicted octanol–water partition coefficient (Wildman–Crippen LogP) is -4.06. The number of hydrogen-bond donors (Lipinski definition) is 0. The van der Waals surface area contributed by atoms with Gasteiger partial charge in [-0.15, -0.1) is 0 Å². The molecule has 0 spiro atoms. The van der Waals surface area contributed by atoms with Gasteiger partial charge in [0.05, 0.1) is 0 Å². The Balaban J connectivity index is 0. The summed E-state index contributed by atoms with van der Waals surface area (Å²) in [7, 11) is 0. The first-order valence-electron chi connectivity index (χ1n) is 0. The van der Waals surface area contributed by atoms with Gasteiger partial charge in [0.15, 0.2) is 0 Å². The largest absolute Gasteiger partial charge is 0.412 e. The van der Waals surface area contributed by atoms with Gasteiger partial charge in [-0.3, -0.25) is 0 Å². The average molecular weight is 246 g/mol. The van der Waals surface area contributed by atoms with E-state index in [-0.39, 0.29) is 146 Å². The topological polar surface area (TPSA) is 126 Å². The summed E-state index contributed by atoms with van der Waals surface area (Å²) in [6.45, 7) is 0. The van der Waals surface area contributed by atoms with E-state index in [1.165, 1.54) is 0 Å². The summed E-state index contributed by atoms with van der Waals surface area (Å²) in [5, 5.41) is 0. The van der Waals surface area contributed by atoms with Gasteiger partial charge in [0.25, 0.3) is 0 Å². The molecule has 0 atom stereocenters. The maximum absolute atomic E-state index is 0. The second-order valence-electron chi connectivity index (χ2n) is 0. The van der Waals surface area contributed by atoms with Crippen molar-refractivity contribution in [3.05, 3.63) is 0 Å². The van der Waals surface area contributed by atoms with Crippen molar-refractivity contribution < 1.29 is 43.0 Å². The quantitative estimate of drug-likeness (QED) is 0.385. The van der Waals surface area contributed by atoms with Crippen LogP contribution in [0, 0.1) is 0 Å². The molecule has 0 aliphatic rings. The van der Waals surface area contributed by atoms with Crippen molar-refractivity contribution >= 4 is 103 Å². The van der Waals surface area contributed by atoms with Crippen molar-refractivity contribution in [3.8, 4) is 0 Å². The van der Waals surface area contributed by atoms with Crippen molar-refractivity contribution in [1.29, 1.82) is 0 Å². The fraction of sp³-hybridized carbons (Fsp3) is 0. The van der Waals surface area contributed by atoms with E-state index in [2.05, 4.69) is 0 Å². The minimum absolute atomic E-state index is 0. The fourth-order valence-electron chi connectivity index (χ4n) is 0. The minimum Gasteiger partial charge on any atom is -0.412 e. The Morgan fingerprint density at radius 1 is 0.429 bits per heavy atom. The van der Waals surface area contributed by atoms with Gasteiger partial charge >= 0.3 is 0 Å². The number of rotatable bonds is 0. The Morgan fingerprint density at radius 3 is 0.429 bits per heavy atom. The number of hydrogen-bond acceptors (Lipinski definition) is 0. The van der Waals surface area contributed by atoms with Gasteiger partial charge in [0, 0.05) is 124 Å². The molecule has 0 aliphatic carbocycles. The third-order valence-electron chi connectivity index (χ3n) is 0. The standard InChI is InChI=1S/2K.Mo.4H2O/h;;;4*1H2. The Kier molecular flexibility index (Phi) is 539. The van der Waals surface area contributed by atoms with Crippen LogP contribution in [0.2, 0.25) is 0 Å². The minimum atomic E-state index is 0. The van der Waals surface area contributed by atoms with Gasteiger partial charge < -0.3 is 21.9 Å². The molecular weight excluding hydrogens is 238 g/mol. The molecular formula is H8K2MoO4. The normalized spacial score (nSPS) is 0. The van der Waals surface area contributed by atoms with E-state index < -0.39 is 0 Å². The molecule has 0 heterocycles. The van der Waals surface area contributed by atoms with E-state index in [9.17, 15) is 0 Å². The SMILES string of the molecule is O.O.O.O.[K].[K].[Mo]. The molecule has 7 heavy (non-hydrogen) atoms. The Labute approximate surface area is 142 Å². The smallest absolute Gasteiger partial charge is 0 e. The van der Waals surface area contributed by atoms with E-state index in [1.54, 1.807) is 0 Å². The molecule has 0 unspecified atom stereocenters. The summed E-state index contributed by atoms with van der Waals surface area (Å²) in [4.78, 5) is 0. The molecule has 0 fully saturated rings. The first-order valence-corrected chi connectivity index (χ1v) is 0. The summed E-state index contributed by atoms with van der Waals surface area (Å²) in [5.74, 6) is 0. The maximum atomic E-state index is 0. The first kappa shape index (κ1) is 71.8. The van der Waals surface area contributed by atoms with Crippen LogP contribution < -0.4 is 0 Å². The van der Waals surface area contributed by atoms with Gasteiger partial charge in [-0.05, 0) is 0 Å². The Hall–Kier alpha value is 3.80. The van der Waals surface area contributed by atoms with Crippen LogP contribution in [-0.2, 0) is 21.1 Å². The fourth-order valence-corrected chi connectivity index (χ4v) is 0. The maximum Gasteiger partial charge on any atom is 0 e. The van der Waals surface area contributed by atoms with Crippen LogP contribution >= 0.6 is 0 Å². The van der Waals surface area contributed by atoms with E-state index in [0.717, 1.165) is 0 Å². The molecule has 0 aliphatic heterocycles. The first-order chi connectivity index (χ1) is 0. The van der Waals surface area contributed by atoms with Crippen molar-refractivity contribution in [3.63, 3.8) is 0 Å². The molecule has 4 nitrogen and oxygen atoms in total. The molecule has 0 saturated carbocycles. The van der Waals surface area contributed by atoms with Gasteiger partial charge in [-0.2, -0.15) is 0 Å². The van der Waals surface area contributed by atoms with Gasteiger partial charge in [0.2, 0.25) is 0 Å². The zero-order valence-electron chi connectivity index (χ0n) is 4.41. The van der Waals surface area contributed by atoms with Crippen molar-refractivity contribution in [2.45, 2.75) is 0 Å². The molecule has 0 aromatic heterocycles. The molecule has 0 rings (SSSR count). The van der Waals surface area contributed by atoms with E-state index in [1.807, 2.05) is 0 Å². The van der Waals surface area contributed by atoms with Crippen LogP contribution in [0.5, 0.6) is 0 Å². The molecule has 0 amide bonds. The Morgan fingerprint density at radius 2 is 0.429 bits per heavy atom. The summed E-state index contributed by atoms with van der Waals surface area (Å²) < 4.78 is 0. The van der Waals surface area contributed by atoms with Crippen LogP contribution in [0.3, 0.4) is 0 Å². The van der Waals surface area contributed by atoms with Gasteiger partial charge in [-0.1, -0.05) is 0 Å². The molecule has 0 bridgehead atoms. The van der Waals surface area contributed by atoms with E-state index in [4.69, 9.17) is 0 Å². The van der Waals surface area contributed by atoms with E-state index in [0.29, 0.717) is 0 Å². The zero-order chi connectivity index (χ0) is 0. The second-order valence-corrected chi connectivity index (χ2v) is 0. The molecule has 0 aromatic rings.